The Hall–Kier alpha value is -3.15. The van der Waals surface area contributed by atoms with Crippen molar-refractivity contribution in [3.8, 4) is 5.75 Å². The van der Waals surface area contributed by atoms with E-state index in [0.29, 0.717) is 17.4 Å². The van der Waals surface area contributed by atoms with E-state index >= 15 is 0 Å². The van der Waals surface area contributed by atoms with Crippen LogP contribution < -0.4 is 10.2 Å². The summed E-state index contributed by atoms with van der Waals surface area (Å²) in [4.78, 5) is 28.5. The second kappa shape index (κ2) is 8.26. The summed E-state index contributed by atoms with van der Waals surface area (Å²) in [5.41, 5.74) is 1.59. The zero-order valence-electron chi connectivity index (χ0n) is 19.7. The van der Waals surface area contributed by atoms with Gasteiger partial charge in [0.2, 0.25) is 11.3 Å². The van der Waals surface area contributed by atoms with Gasteiger partial charge in [-0.15, -0.1) is 0 Å². The zero-order chi connectivity index (χ0) is 23.3. The van der Waals surface area contributed by atoms with E-state index in [-0.39, 0.29) is 23.4 Å². The number of methoxy groups -OCH3 is 1. The van der Waals surface area contributed by atoms with E-state index < -0.39 is 0 Å². The Morgan fingerprint density at radius 3 is 2.47 bits per heavy atom. The fourth-order valence-corrected chi connectivity index (χ4v) is 7.37. The molecule has 176 valence electrons. The summed E-state index contributed by atoms with van der Waals surface area (Å²) >= 11 is 0. The molecule has 1 heterocycles. The summed E-state index contributed by atoms with van der Waals surface area (Å²) in [7, 11) is 1.67. The molecule has 0 saturated heterocycles. The minimum atomic E-state index is -0.117. The molecule has 4 fully saturated rings. The summed E-state index contributed by atoms with van der Waals surface area (Å²) in [6.07, 6.45) is 8.62. The highest BCUT2D eigenvalue weighted by Gasteiger charge is 2.54. The van der Waals surface area contributed by atoms with Crippen LogP contribution in [0, 0.1) is 17.8 Å². The van der Waals surface area contributed by atoms with Crippen LogP contribution >= 0.6 is 0 Å². The lowest BCUT2D eigenvalue weighted by molar-refractivity contribution is -0.153. The number of benzene rings is 2. The zero-order valence-corrected chi connectivity index (χ0v) is 19.7. The molecule has 1 amide bonds. The molecule has 4 aliphatic rings. The van der Waals surface area contributed by atoms with Crippen molar-refractivity contribution in [1.82, 2.24) is 14.7 Å². The number of carbonyl (C=O) groups excluding carboxylic acids is 1. The Morgan fingerprint density at radius 2 is 1.76 bits per heavy atom. The molecule has 0 N–H and O–H groups in total. The Bertz CT molecular complexity index is 1260. The van der Waals surface area contributed by atoms with Gasteiger partial charge in [-0.1, -0.05) is 24.3 Å². The number of rotatable bonds is 6. The normalized spacial score (nSPS) is 27.1. The molecular weight excluding hydrogens is 426 g/mol. The molecule has 0 unspecified atom stereocenters. The van der Waals surface area contributed by atoms with Gasteiger partial charge in [-0.25, -0.2) is 0 Å². The van der Waals surface area contributed by atoms with Crippen molar-refractivity contribution in [1.29, 1.82) is 0 Å². The quantitative estimate of drug-likeness (QED) is 0.550. The maximum absolute atomic E-state index is 14.1. The van der Waals surface area contributed by atoms with Crippen LogP contribution in [0.4, 0.5) is 0 Å². The number of amides is 1. The highest BCUT2D eigenvalue weighted by Crippen LogP contribution is 2.58. The van der Waals surface area contributed by atoms with Crippen LogP contribution in [0.1, 0.15) is 44.1 Å². The van der Waals surface area contributed by atoms with Gasteiger partial charge in [0.25, 0.3) is 0 Å². The number of fused-ring (bicyclic) bond motifs is 1. The molecule has 0 atom stereocenters. The van der Waals surface area contributed by atoms with Crippen LogP contribution in [-0.4, -0.2) is 33.2 Å². The minimum absolute atomic E-state index is 0.0751. The maximum atomic E-state index is 14.1. The molecule has 6 nitrogen and oxygen atoms in total. The van der Waals surface area contributed by atoms with Crippen LogP contribution in [-0.2, 0) is 17.9 Å². The van der Waals surface area contributed by atoms with E-state index in [0.717, 1.165) is 48.3 Å². The average Bonchev–Trinajstić information content (AvgIpc) is 2.83. The van der Waals surface area contributed by atoms with Gasteiger partial charge < -0.3 is 9.64 Å². The van der Waals surface area contributed by atoms with Gasteiger partial charge in [0.1, 0.15) is 12.3 Å². The molecule has 2 aromatic carbocycles. The van der Waals surface area contributed by atoms with Gasteiger partial charge in [0, 0.05) is 17.5 Å². The molecule has 4 bridgehead atoms. The van der Waals surface area contributed by atoms with E-state index in [4.69, 9.17) is 4.74 Å². The summed E-state index contributed by atoms with van der Waals surface area (Å²) in [5, 5.41) is 4.94. The van der Waals surface area contributed by atoms with E-state index in [1.807, 2.05) is 36.4 Å². The summed E-state index contributed by atoms with van der Waals surface area (Å²) in [5.74, 6) is 3.09. The number of nitrogens with zero attached hydrogens (tertiary/aromatic N) is 3. The summed E-state index contributed by atoms with van der Waals surface area (Å²) in [6, 6.07) is 15.5. The third-order valence-electron chi connectivity index (χ3n) is 8.40. The van der Waals surface area contributed by atoms with Gasteiger partial charge in [0.05, 0.1) is 18.8 Å². The van der Waals surface area contributed by atoms with Gasteiger partial charge >= 0.3 is 0 Å². The van der Waals surface area contributed by atoms with Gasteiger partial charge in [0.15, 0.2) is 0 Å². The van der Waals surface area contributed by atoms with Gasteiger partial charge in [-0.2, -0.15) is 5.10 Å². The van der Waals surface area contributed by atoms with E-state index in [1.165, 1.54) is 25.5 Å². The lowest BCUT2D eigenvalue weighted by Crippen LogP contribution is -2.61. The van der Waals surface area contributed by atoms with Crippen LogP contribution in [0.25, 0.3) is 10.9 Å². The summed E-state index contributed by atoms with van der Waals surface area (Å²) in [6.45, 7) is 0.701. The predicted octanol–water partition coefficient (Wildman–Crippen LogP) is 4.40. The molecule has 7 rings (SSSR count). The van der Waals surface area contributed by atoms with E-state index in [2.05, 4.69) is 16.1 Å². The monoisotopic (exact) mass is 457 g/mol. The average molecular weight is 458 g/mol. The van der Waals surface area contributed by atoms with Crippen molar-refractivity contribution in [2.45, 2.75) is 57.2 Å². The molecule has 0 aliphatic heterocycles. The Kier molecular flexibility index (Phi) is 5.19. The highest BCUT2D eigenvalue weighted by molar-refractivity contribution is 5.82. The first-order valence-electron chi connectivity index (χ1n) is 12.4. The topological polar surface area (TPSA) is 64.4 Å². The third kappa shape index (κ3) is 3.69. The van der Waals surface area contributed by atoms with Crippen molar-refractivity contribution >= 4 is 16.8 Å². The van der Waals surface area contributed by atoms with Crippen molar-refractivity contribution in [3.05, 3.63) is 70.5 Å². The second-order valence-electron chi connectivity index (χ2n) is 10.7. The van der Waals surface area contributed by atoms with Crippen LogP contribution in [0.5, 0.6) is 5.75 Å². The number of hydrogen-bond donors (Lipinski definition) is 0. The first-order valence-corrected chi connectivity index (χ1v) is 12.4. The van der Waals surface area contributed by atoms with Crippen LogP contribution in [0.3, 0.4) is 0 Å². The Morgan fingerprint density at radius 1 is 1.06 bits per heavy atom. The fourth-order valence-electron chi connectivity index (χ4n) is 7.37. The van der Waals surface area contributed by atoms with Crippen LogP contribution in [0.15, 0.2) is 59.5 Å². The fraction of sp³-hybridized carbons (Fsp3) is 0.464. The Labute approximate surface area is 199 Å². The van der Waals surface area contributed by atoms with Crippen molar-refractivity contribution in [2.75, 3.05) is 7.11 Å². The number of aromatic nitrogens is 2. The lowest BCUT2D eigenvalue weighted by Gasteiger charge is -2.60. The lowest BCUT2D eigenvalue weighted by atomic mass is 9.52. The predicted molar refractivity (Wildman–Crippen MR) is 130 cm³/mol. The standard InChI is InChI=1S/C28H31N3O3/c1-34-23-6-4-5-19(12-23)17-30(28-13-20-9-21(14-28)11-22(10-20)15-28)27(33)18-31-25-8-3-2-7-24(25)26(32)16-29-31/h2-8,12,16,20-22H,9-11,13-15,17-18H2,1H3. The smallest absolute Gasteiger partial charge is 0.245 e. The molecule has 4 aliphatic carbocycles. The van der Waals surface area contributed by atoms with Crippen LogP contribution in [0.2, 0.25) is 0 Å². The molecule has 3 aromatic rings. The molecule has 6 heteroatoms. The van der Waals surface area contributed by atoms with Crippen molar-refractivity contribution in [2.24, 2.45) is 17.8 Å². The molecule has 34 heavy (non-hydrogen) atoms. The Balaban J connectivity index is 1.37. The largest absolute Gasteiger partial charge is 0.497 e. The SMILES string of the molecule is COc1cccc(CN(C(=O)Cn2ncc(=O)c3ccccc32)C23CC4CC(CC(C4)C2)C3)c1. The highest BCUT2D eigenvalue weighted by atomic mass is 16.5. The van der Waals surface area contributed by atoms with Gasteiger partial charge in [-0.3, -0.25) is 14.3 Å². The molecular formula is C28H31N3O3. The third-order valence-corrected chi connectivity index (χ3v) is 8.40. The van der Waals surface area contributed by atoms with Gasteiger partial charge in [-0.05, 0) is 86.1 Å². The number of para-hydroxylation sites is 1. The number of ether oxygens (including phenoxy) is 1. The first kappa shape index (κ1) is 21.4. The molecule has 4 saturated carbocycles. The number of hydrogen-bond acceptors (Lipinski definition) is 4. The first-order chi connectivity index (χ1) is 16.5. The van der Waals surface area contributed by atoms with E-state index in [1.54, 1.807) is 17.9 Å². The minimum Gasteiger partial charge on any atom is -0.497 e. The maximum Gasteiger partial charge on any atom is 0.245 e. The second-order valence-corrected chi connectivity index (χ2v) is 10.7. The summed E-state index contributed by atoms with van der Waals surface area (Å²) < 4.78 is 7.15. The molecule has 1 aromatic heterocycles. The van der Waals surface area contributed by atoms with E-state index in [9.17, 15) is 9.59 Å². The number of carbonyl (C=O) groups is 1. The molecule has 0 spiro atoms. The van der Waals surface area contributed by atoms with Crippen molar-refractivity contribution in [3.63, 3.8) is 0 Å². The van der Waals surface area contributed by atoms with Crippen molar-refractivity contribution < 1.29 is 9.53 Å². The molecule has 0 radical (unpaired) electrons.